The Labute approximate surface area is 142 Å². The predicted octanol–water partition coefficient (Wildman–Crippen LogP) is 4.71. The summed E-state index contributed by atoms with van der Waals surface area (Å²) in [6.07, 6.45) is 1.02. The molecule has 1 N–H and O–H groups in total. The highest BCUT2D eigenvalue weighted by atomic mass is 127. The number of nitrogens with one attached hydrogen (secondary N) is 1. The van der Waals surface area contributed by atoms with Crippen LogP contribution in [0.4, 0.5) is 0 Å². The average molecular weight is 477 g/mol. The average Bonchev–Trinajstić information content (AvgIpc) is 2.42. The van der Waals surface area contributed by atoms with Crippen LogP contribution >= 0.6 is 45.2 Å². The van der Waals surface area contributed by atoms with Gasteiger partial charge in [-0.1, -0.05) is 30.3 Å². The molecule has 2 aromatic carbocycles. The molecular formula is C16H17I2N. The van der Waals surface area contributed by atoms with E-state index in [9.17, 15) is 0 Å². The molecule has 1 atom stereocenters. The molecular weight excluding hydrogens is 460 g/mol. The van der Waals surface area contributed by atoms with E-state index in [1.54, 1.807) is 0 Å². The second-order valence-corrected chi connectivity index (χ2v) is 6.97. The molecule has 0 aliphatic rings. The van der Waals surface area contributed by atoms with Gasteiger partial charge in [0.15, 0.2) is 0 Å². The third kappa shape index (κ3) is 3.92. The lowest BCUT2D eigenvalue weighted by molar-refractivity contribution is 0.589. The lowest BCUT2D eigenvalue weighted by Gasteiger charge is -2.19. The Hall–Kier alpha value is -0.140. The van der Waals surface area contributed by atoms with Gasteiger partial charge in [-0.3, -0.25) is 0 Å². The summed E-state index contributed by atoms with van der Waals surface area (Å²) in [6.45, 7) is 2.17. The minimum Gasteiger partial charge on any atom is -0.313 e. The fourth-order valence-corrected chi connectivity index (χ4v) is 3.26. The lowest BCUT2D eigenvalue weighted by atomic mass is 9.98. The van der Waals surface area contributed by atoms with Crippen LogP contribution in [0.3, 0.4) is 0 Å². The normalized spacial score (nSPS) is 12.4. The van der Waals surface area contributed by atoms with Crippen molar-refractivity contribution in [2.24, 2.45) is 0 Å². The van der Waals surface area contributed by atoms with E-state index in [-0.39, 0.29) is 0 Å². The topological polar surface area (TPSA) is 12.0 Å². The first-order valence-electron chi connectivity index (χ1n) is 6.28. The Balaban J connectivity index is 2.25. The van der Waals surface area contributed by atoms with E-state index in [0.29, 0.717) is 6.04 Å². The molecule has 2 rings (SSSR count). The van der Waals surface area contributed by atoms with Gasteiger partial charge < -0.3 is 5.32 Å². The summed E-state index contributed by atoms with van der Waals surface area (Å²) in [5.74, 6) is 0. The minimum absolute atomic E-state index is 0.367. The Morgan fingerprint density at radius 1 is 1.05 bits per heavy atom. The van der Waals surface area contributed by atoms with Crippen molar-refractivity contribution in [3.05, 3.63) is 66.3 Å². The summed E-state index contributed by atoms with van der Waals surface area (Å²) in [7, 11) is 2.04. The molecule has 0 spiro atoms. The molecule has 0 aliphatic carbocycles. The van der Waals surface area contributed by atoms with Crippen molar-refractivity contribution in [2.75, 3.05) is 7.05 Å². The van der Waals surface area contributed by atoms with Gasteiger partial charge in [0.05, 0.1) is 0 Å². The van der Waals surface area contributed by atoms with Crippen LogP contribution in [0.25, 0.3) is 0 Å². The molecule has 19 heavy (non-hydrogen) atoms. The predicted molar refractivity (Wildman–Crippen MR) is 98.6 cm³/mol. The summed E-state index contributed by atoms with van der Waals surface area (Å²) in [5.41, 5.74) is 4.11. The van der Waals surface area contributed by atoms with Crippen molar-refractivity contribution in [2.45, 2.75) is 19.4 Å². The monoisotopic (exact) mass is 477 g/mol. The molecule has 0 bridgehead atoms. The Morgan fingerprint density at radius 3 is 2.37 bits per heavy atom. The highest BCUT2D eigenvalue weighted by molar-refractivity contribution is 14.1. The zero-order valence-electron chi connectivity index (χ0n) is 11.1. The van der Waals surface area contributed by atoms with Gasteiger partial charge in [-0.25, -0.2) is 0 Å². The molecule has 0 saturated carbocycles. The van der Waals surface area contributed by atoms with Crippen molar-refractivity contribution in [1.29, 1.82) is 0 Å². The summed E-state index contributed by atoms with van der Waals surface area (Å²) in [4.78, 5) is 0. The lowest BCUT2D eigenvalue weighted by Crippen LogP contribution is -2.20. The maximum atomic E-state index is 3.44. The summed E-state index contributed by atoms with van der Waals surface area (Å²) < 4.78 is 2.65. The van der Waals surface area contributed by atoms with Gasteiger partial charge in [-0.15, -0.1) is 0 Å². The number of hydrogen-bond acceptors (Lipinski definition) is 1. The number of rotatable bonds is 4. The van der Waals surface area contributed by atoms with Gasteiger partial charge in [0.1, 0.15) is 0 Å². The van der Waals surface area contributed by atoms with Gasteiger partial charge in [0.25, 0.3) is 0 Å². The SMILES string of the molecule is CNC(Cc1ccc(I)cc1)c1cccc(C)c1I. The van der Waals surface area contributed by atoms with Gasteiger partial charge >= 0.3 is 0 Å². The van der Waals surface area contributed by atoms with Gasteiger partial charge in [-0.2, -0.15) is 0 Å². The van der Waals surface area contributed by atoms with Crippen molar-refractivity contribution in [3.63, 3.8) is 0 Å². The van der Waals surface area contributed by atoms with Crippen LogP contribution in [0.15, 0.2) is 42.5 Å². The van der Waals surface area contributed by atoms with E-state index in [1.165, 1.54) is 23.8 Å². The first-order valence-corrected chi connectivity index (χ1v) is 8.44. The van der Waals surface area contributed by atoms with Crippen LogP contribution in [0, 0.1) is 14.1 Å². The Morgan fingerprint density at radius 2 is 1.74 bits per heavy atom. The second kappa shape index (κ2) is 7.04. The first kappa shape index (κ1) is 15.3. The highest BCUT2D eigenvalue weighted by Gasteiger charge is 2.14. The molecule has 100 valence electrons. The molecule has 0 aliphatic heterocycles. The number of likely N-dealkylation sites (N-methyl/N-ethyl adjacent to an activating group) is 1. The molecule has 3 heteroatoms. The molecule has 0 radical (unpaired) electrons. The van der Waals surface area contributed by atoms with Crippen molar-refractivity contribution >= 4 is 45.2 Å². The third-order valence-electron chi connectivity index (χ3n) is 3.30. The van der Waals surface area contributed by atoms with Crippen molar-refractivity contribution in [1.82, 2.24) is 5.32 Å². The fraction of sp³-hybridized carbons (Fsp3) is 0.250. The standard InChI is InChI=1S/C16H17I2N/c1-11-4-3-5-14(16(11)18)15(19-2)10-12-6-8-13(17)9-7-12/h3-9,15,19H,10H2,1-2H3. The van der Waals surface area contributed by atoms with Crippen LogP contribution in [0.5, 0.6) is 0 Å². The van der Waals surface area contributed by atoms with E-state index in [2.05, 4.69) is 99.9 Å². The van der Waals surface area contributed by atoms with Crippen molar-refractivity contribution in [3.8, 4) is 0 Å². The maximum Gasteiger partial charge on any atom is 0.0369 e. The van der Waals surface area contributed by atoms with E-state index in [4.69, 9.17) is 0 Å². The van der Waals surface area contributed by atoms with Gasteiger partial charge in [0, 0.05) is 13.2 Å². The Bertz CT molecular complexity index is 549. The molecule has 0 saturated heterocycles. The number of aryl methyl sites for hydroxylation is 1. The molecule has 1 nitrogen and oxygen atoms in total. The number of hydrogen-bond donors (Lipinski definition) is 1. The minimum atomic E-state index is 0.367. The number of halogens is 2. The van der Waals surface area contributed by atoms with Crippen LogP contribution < -0.4 is 5.32 Å². The van der Waals surface area contributed by atoms with Gasteiger partial charge in [-0.05, 0) is 94.4 Å². The highest BCUT2D eigenvalue weighted by Crippen LogP contribution is 2.25. The van der Waals surface area contributed by atoms with E-state index < -0.39 is 0 Å². The largest absolute Gasteiger partial charge is 0.313 e. The first-order chi connectivity index (χ1) is 9.11. The molecule has 2 aromatic rings. The van der Waals surface area contributed by atoms with E-state index in [0.717, 1.165) is 6.42 Å². The van der Waals surface area contributed by atoms with Gasteiger partial charge in [0.2, 0.25) is 0 Å². The molecule has 1 unspecified atom stereocenters. The van der Waals surface area contributed by atoms with Crippen molar-refractivity contribution < 1.29 is 0 Å². The van der Waals surface area contributed by atoms with E-state index >= 15 is 0 Å². The smallest absolute Gasteiger partial charge is 0.0369 e. The van der Waals surface area contributed by atoms with Crippen LogP contribution in [-0.2, 0) is 6.42 Å². The van der Waals surface area contributed by atoms with E-state index in [1.807, 2.05) is 7.05 Å². The zero-order valence-corrected chi connectivity index (χ0v) is 15.4. The molecule has 0 heterocycles. The zero-order chi connectivity index (χ0) is 13.8. The maximum absolute atomic E-state index is 3.44. The van der Waals surface area contributed by atoms with Crippen LogP contribution in [0.1, 0.15) is 22.7 Å². The summed E-state index contributed by atoms with van der Waals surface area (Å²) in [6, 6.07) is 15.7. The second-order valence-electron chi connectivity index (χ2n) is 4.65. The molecule has 0 amide bonds. The summed E-state index contributed by atoms with van der Waals surface area (Å²) >= 11 is 4.79. The number of benzene rings is 2. The third-order valence-corrected chi connectivity index (χ3v) is 5.49. The van der Waals surface area contributed by atoms with Crippen LogP contribution in [-0.4, -0.2) is 7.05 Å². The molecule has 0 fully saturated rings. The van der Waals surface area contributed by atoms with Crippen LogP contribution in [0.2, 0.25) is 0 Å². The fourth-order valence-electron chi connectivity index (χ4n) is 2.16. The molecule has 0 aromatic heterocycles. The Kier molecular flexibility index (Phi) is 5.65. The summed E-state index contributed by atoms with van der Waals surface area (Å²) in [5, 5.41) is 3.44. The quantitative estimate of drug-likeness (QED) is 0.630.